The van der Waals surface area contributed by atoms with Crippen molar-refractivity contribution >= 4 is 16.6 Å². The van der Waals surface area contributed by atoms with Gasteiger partial charge in [-0.1, -0.05) is 0 Å². The van der Waals surface area contributed by atoms with Gasteiger partial charge in [-0.25, -0.2) is 0 Å². The zero-order valence-electron chi connectivity index (χ0n) is 10.4. The number of pyridine rings is 1. The largest absolute Gasteiger partial charge is 0.496 e. The summed E-state index contributed by atoms with van der Waals surface area (Å²) < 4.78 is 5.26. The van der Waals surface area contributed by atoms with E-state index < -0.39 is 0 Å². The van der Waals surface area contributed by atoms with E-state index in [4.69, 9.17) is 9.84 Å². The van der Waals surface area contributed by atoms with E-state index in [0.717, 1.165) is 22.1 Å². The van der Waals surface area contributed by atoms with Crippen LogP contribution < -0.4 is 4.74 Å². The second-order valence-corrected chi connectivity index (χ2v) is 4.10. The number of rotatable bonds is 4. The molecule has 0 amide bonds. The summed E-state index contributed by atoms with van der Waals surface area (Å²) in [6.07, 6.45) is 1.70. The van der Waals surface area contributed by atoms with Crippen molar-refractivity contribution < 1.29 is 14.6 Å². The Morgan fingerprint density at radius 1 is 1.44 bits per heavy atom. The third kappa shape index (κ3) is 2.19. The fourth-order valence-corrected chi connectivity index (χ4v) is 1.98. The van der Waals surface area contributed by atoms with E-state index in [1.165, 1.54) is 0 Å². The number of nitrogens with zero attached hydrogens (tertiary/aromatic N) is 1. The molecule has 0 aliphatic rings. The molecule has 2 aromatic rings. The molecular weight excluding hydrogens is 230 g/mol. The van der Waals surface area contributed by atoms with Crippen molar-refractivity contribution in [3.8, 4) is 5.75 Å². The van der Waals surface area contributed by atoms with E-state index in [-0.39, 0.29) is 18.8 Å². The first-order valence-electron chi connectivity index (χ1n) is 5.74. The minimum Gasteiger partial charge on any atom is -0.496 e. The van der Waals surface area contributed by atoms with Crippen LogP contribution in [0.4, 0.5) is 0 Å². The maximum absolute atomic E-state index is 11.9. The van der Waals surface area contributed by atoms with Gasteiger partial charge >= 0.3 is 0 Å². The highest BCUT2D eigenvalue weighted by molar-refractivity contribution is 6.06. The van der Waals surface area contributed by atoms with E-state index in [9.17, 15) is 4.79 Å². The molecule has 1 heterocycles. The molecule has 0 atom stereocenters. The van der Waals surface area contributed by atoms with E-state index in [1.807, 2.05) is 25.1 Å². The molecule has 0 aliphatic carbocycles. The number of fused-ring (bicyclic) bond motifs is 1. The van der Waals surface area contributed by atoms with Crippen LogP contribution in [0.5, 0.6) is 5.75 Å². The van der Waals surface area contributed by atoms with Gasteiger partial charge in [0, 0.05) is 18.0 Å². The molecule has 18 heavy (non-hydrogen) atoms. The molecule has 1 N–H and O–H groups in total. The standard InChI is InChI=1S/C14H15NO3/c1-9-7-10-3-5-15-14(12(17)4-6-16)11(10)8-13(9)18-2/h3,5,7-8,16H,4,6H2,1-2H3. The topological polar surface area (TPSA) is 59.4 Å². The minimum absolute atomic E-state index is 0.0856. The predicted octanol–water partition coefficient (Wildman–Crippen LogP) is 2.12. The van der Waals surface area contributed by atoms with Gasteiger partial charge in [0.15, 0.2) is 5.78 Å². The lowest BCUT2D eigenvalue weighted by Crippen LogP contribution is -2.05. The van der Waals surface area contributed by atoms with Gasteiger partial charge in [0.2, 0.25) is 0 Å². The molecule has 0 saturated heterocycles. The van der Waals surface area contributed by atoms with Gasteiger partial charge in [-0.15, -0.1) is 0 Å². The molecule has 2 rings (SSSR count). The molecule has 0 aliphatic heterocycles. The van der Waals surface area contributed by atoms with Crippen LogP contribution in [0.15, 0.2) is 24.4 Å². The summed E-state index contributed by atoms with van der Waals surface area (Å²) in [6.45, 7) is 1.79. The molecule has 0 spiro atoms. The van der Waals surface area contributed by atoms with Gasteiger partial charge in [0.25, 0.3) is 0 Å². The van der Waals surface area contributed by atoms with E-state index >= 15 is 0 Å². The highest BCUT2D eigenvalue weighted by Crippen LogP contribution is 2.27. The SMILES string of the molecule is COc1cc2c(C(=O)CCO)nccc2cc1C. The molecule has 4 heteroatoms. The molecule has 0 saturated carbocycles. The van der Waals surface area contributed by atoms with Gasteiger partial charge in [0.1, 0.15) is 11.4 Å². The Morgan fingerprint density at radius 3 is 2.89 bits per heavy atom. The van der Waals surface area contributed by atoms with E-state index in [0.29, 0.717) is 5.69 Å². The van der Waals surface area contributed by atoms with Crippen molar-refractivity contribution in [2.75, 3.05) is 13.7 Å². The molecule has 1 aromatic carbocycles. The van der Waals surface area contributed by atoms with Crippen LogP contribution in [0.1, 0.15) is 22.5 Å². The second kappa shape index (κ2) is 5.14. The average molecular weight is 245 g/mol. The number of aryl methyl sites for hydroxylation is 1. The van der Waals surface area contributed by atoms with Gasteiger partial charge < -0.3 is 9.84 Å². The molecule has 4 nitrogen and oxygen atoms in total. The van der Waals surface area contributed by atoms with Crippen molar-refractivity contribution in [1.29, 1.82) is 0 Å². The van der Waals surface area contributed by atoms with Crippen LogP contribution in [-0.2, 0) is 0 Å². The number of aromatic nitrogens is 1. The first kappa shape index (κ1) is 12.5. The molecule has 0 radical (unpaired) electrons. The van der Waals surface area contributed by atoms with E-state index in [1.54, 1.807) is 13.3 Å². The summed E-state index contributed by atoms with van der Waals surface area (Å²) in [4.78, 5) is 16.0. The lowest BCUT2D eigenvalue weighted by Gasteiger charge is -2.09. The van der Waals surface area contributed by atoms with Crippen LogP contribution in [-0.4, -0.2) is 29.6 Å². The van der Waals surface area contributed by atoms with Crippen molar-refractivity contribution in [3.63, 3.8) is 0 Å². The summed E-state index contributed by atoms with van der Waals surface area (Å²) in [5, 5.41) is 10.6. The Bertz CT molecular complexity index is 593. The van der Waals surface area contributed by atoms with Crippen LogP contribution in [0.3, 0.4) is 0 Å². The smallest absolute Gasteiger partial charge is 0.184 e. The van der Waals surface area contributed by atoms with Gasteiger partial charge in [-0.05, 0) is 36.1 Å². The zero-order chi connectivity index (χ0) is 13.1. The van der Waals surface area contributed by atoms with Crippen LogP contribution in [0.25, 0.3) is 10.8 Å². The Labute approximate surface area is 105 Å². The average Bonchev–Trinajstić information content (AvgIpc) is 2.37. The lowest BCUT2D eigenvalue weighted by atomic mass is 10.0. The number of methoxy groups -OCH3 is 1. The third-order valence-electron chi connectivity index (χ3n) is 2.88. The second-order valence-electron chi connectivity index (χ2n) is 4.10. The summed E-state index contributed by atoms with van der Waals surface area (Å²) in [5.74, 6) is 0.572. The maximum atomic E-state index is 11.9. The van der Waals surface area contributed by atoms with Gasteiger partial charge in [0.05, 0.1) is 13.7 Å². The Balaban J connectivity index is 2.64. The Kier molecular flexibility index (Phi) is 3.58. The number of ether oxygens (including phenoxy) is 1. The first-order chi connectivity index (χ1) is 8.67. The van der Waals surface area contributed by atoms with Gasteiger partial charge in [-0.3, -0.25) is 9.78 Å². The van der Waals surface area contributed by atoms with Crippen molar-refractivity contribution in [2.45, 2.75) is 13.3 Å². The monoisotopic (exact) mass is 245 g/mol. The van der Waals surface area contributed by atoms with E-state index in [2.05, 4.69) is 4.98 Å². The van der Waals surface area contributed by atoms with Crippen molar-refractivity contribution in [2.24, 2.45) is 0 Å². The summed E-state index contributed by atoms with van der Waals surface area (Å²) in [6, 6.07) is 5.64. The van der Waals surface area contributed by atoms with Crippen LogP contribution >= 0.6 is 0 Å². The van der Waals surface area contributed by atoms with Crippen molar-refractivity contribution in [3.05, 3.63) is 35.7 Å². The summed E-state index contributed by atoms with van der Waals surface area (Å²) in [5.41, 5.74) is 1.40. The number of carbonyl (C=O) groups excluding carboxylic acids is 1. The first-order valence-corrected chi connectivity index (χ1v) is 5.74. The number of ketones is 1. The Hall–Kier alpha value is -1.94. The fraction of sp³-hybridized carbons (Fsp3) is 0.286. The predicted molar refractivity (Wildman–Crippen MR) is 69.1 cm³/mol. The zero-order valence-corrected chi connectivity index (χ0v) is 10.4. The Morgan fingerprint density at radius 2 is 2.22 bits per heavy atom. The number of hydrogen-bond donors (Lipinski definition) is 1. The molecule has 94 valence electrons. The molecule has 0 fully saturated rings. The summed E-state index contributed by atoms with van der Waals surface area (Å²) >= 11 is 0. The quantitative estimate of drug-likeness (QED) is 0.838. The molecular formula is C14H15NO3. The summed E-state index contributed by atoms with van der Waals surface area (Å²) in [7, 11) is 1.60. The lowest BCUT2D eigenvalue weighted by molar-refractivity contribution is 0.0953. The number of Topliss-reactive ketones (excluding diaryl/α,β-unsaturated/α-hetero) is 1. The van der Waals surface area contributed by atoms with Gasteiger partial charge in [-0.2, -0.15) is 0 Å². The number of carbonyl (C=O) groups is 1. The number of benzene rings is 1. The number of hydrogen-bond acceptors (Lipinski definition) is 4. The highest BCUT2D eigenvalue weighted by Gasteiger charge is 2.12. The molecule has 0 unspecified atom stereocenters. The highest BCUT2D eigenvalue weighted by atomic mass is 16.5. The third-order valence-corrected chi connectivity index (χ3v) is 2.88. The minimum atomic E-state index is -0.167. The normalized spacial score (nSPS) is 10.6. The number of aliphatic hydroxyl groups excluding tert-OH is 1. The fourth-order valence-electron chi connectivity index (χ4n) is 1.98. The molecule has 0 bridgehead atoms. The van der Waals surface area contributed by atoms with Crippen molar-refractivity contribution in [1.82, 2.24) is 4.98 Å². The van der Waals surface area contributed by atoms with Crippen LogP contribution in [0.2, 0.25) is 0 Å². The maximum Gasteiger partial charge on any atom is 0.184 e. The number of aliphatic hydroxyl groups is 1. The molecule has 1 aromatic heterocycles. The van der Waals surface area contributed by atoms with Crippen LogP contribution in [0, 0.1) is 6.92 Å².